The van der Waals surface area contributed by atoms with Gasteiger partial charge in [0.1, 0.15) is 24.7 Å². The Hall–Kier alpha value is -3.91. The van der Waals surface area contributed by atoms with Crippen molar-refractivity contribution in [1.82, 2.24) is 10.6 Å². The summed E-state index contributed by atoms with van der Waals surface area (Å²) in [5, 5.41) is 8.56. The fourth-order valence-corrected chi connectivity index (χ4v) is 3.16. The molecule has 2 amide bonds. The molecule has 0 spiro atoms. The molecule has 0 aliphatic rings. The van der Waals surface area contributed by atoms with Crippen molar-refractivity contribution in [3.05, 3.63) is 90.0 Å². The van der Waals surface area contributed by atoms with Crippen molar-refractivity contribution < 1.29 is 19.1 Å². The van der Waals surface area contributed by atoms with Crippen LogP contribution in [0.15, 0.2) is 78.9 Å². The zero-order valence-electron chi connectivity index (χ0n) is 18.9. The summed E-state index contributed by atoms with van der Waals surface area (Å²) in [5.41, 5.74) is 1.63. The maximum Gasteiger partial charge on any atom is 0.257 e. The minimum Gasteiger partial charge on any atom is -0.490 e. The topological polar surface area (TPSA) is 88.7 Å². The van der Waals surface area contributed by atoms with Gasteiger partial charge < -0.3 is 20.1 Å². The average molecular weight is 478 g/mol. The highest BCUT2D eigenvalue weighted by molar-refractivity contribution is 7.80. The normalized spacial score (nSPS) is 10.1. The minimum atomic E-state index is -0.362. The molecule has 0 atom stereocenters. The maximum absolute atomic E-state index is 12.6. The van der Waals surface area contributed by atoms with Gasteiger partial charge in [-0.05, 0) is 73.2 Å². The quantitative estimate of drug-likeness (QED) is 0.296. The largest absolute Gasteiger partial charge is 0.490 e. The third kappa shape index (κ3) is 7.90. The lowest BCUT2D eigenvalue weighted by atomic mass is 10.2. The second kappa shape index (κ2) is 13.0. The summed E-state index contributed by atoms with van der Waals surface area (Å²) in [6.45, 7) is 3.34. The number of benzene rings is 3. The van der Waals surface area contributed by atoms with E-state index in [0.29, 0.717) is 42.3 Å². The Morgan fingerprint density at radius 2 is 1.47 bits per heavy atom. The molecule has 0 radical (unpaired) electrons. The van der Waals surface area contributed by atoms with Crippen LogP contribution in [0.25, 0.3) is 0 Å². The van der Waals surface area contributed by atoms with Crippen LogP contribution in [0.2, 0.25) is 0 Å². The first-order chi connectivity index (χ1) is 16.5. The number of anilines is 1. The molecule has 0 fully saturated rings. The van der Waals surface area contributed by atoms with Crippen molar-refractivity contribution in [3.63, 3.8) is 0 Å². The molecular formula is C26H27N3O4S. The van der Waals surface area contributed by atoms with Gasteiger partial charge in [0.25, 0.3) is 11.8 Å². The van der Waals surface area contributed by atoms with Gasteiger partial charge in [-0.1, -0.05) is 31.2 Å². The molecule has 0 saturated carbocycles. The number of thiocarbonyl (C=S) groups is 1. The molecule has 0 saturated heterocycles. The first-order valence-electron chi connectivity index (χ1n) is 11.0. The summed E-state index contributed by atoms with van der Waals surface area (Å²) in [7, 11) is 0. The second-order valence-corrected chi connectivity index (χ2v) is 7.69. The van der Waals surface area contributed by atoms with E-state index in [1.807, 2.05) is 37.3 Å². The summed E-state index contributed by atoms with van der Waals surface area (Å²) in [6, 6.07) is 23.2. The molecule has 0 heterocycles. The van der Waals surface area contributed by atoms with Crippen molar-refractivity contribution >= 4 is 34.8 Å². The van der Waals surface area contributed by atoms with Gasteiger partial charge in [0.15, 0.2) is 5.11 Å². The van der Waals surface area contributed by atoms with Crippen LogP contribution < -0.4 is 25.4 Å². The predicted molar refractivity (Wildman–Crippen MR) is 137 cm³/mol. The van der Waals surface area contributed by atoms with E-state index in [-0.39, 0.29) is 16.9 Å². The SMILES string of the molecule is CCCNC(=O)c1ccc(NC(=S)NC(=O)c2cccc(OCCOc3ccccc3)c2)cc1. The predicted octanol–water partition coefficient (Wildman–Crippen LogP) is 4.41. The van der Waals surface area contributed by atoms with Crippen molar-refractivity contribution in [3.8, 4) is 11.5 Å². The van der Waals surface area contributed by atoms with Crippen LogP contribution in [0.1, 0.15) is 34.1 Å². The first kappa shape index (κ1) is 24.7. The van der Waals surface area contributed by atoms with E-state index < -0.39 is 0 Å². The molecule has 3 N–H and O–H groups in total. The number of hydrogen-bond donors (Lipinski definition) is 3. The molecule has 176 valence electrons. The number of para-hydroxylation sites is 1. The van der Waals surface area contributed by atoms with E-state index in [9.17, 15) is 9.59 Å². The van der Waals surface area contributed by atoms with Crippen LogP contribution >= 0.6 is 12.2 Å². The summed E-state index contributed by atoms with van der Waals surface area (Å²) < 4.78 is 11.3. The van der Waals surface area contributed by atoms with E-state index in [2.05, 4.69) is 16.0 Å². The lowest BCUT2D eigenvalue weighted by Gasteiger charge is -2.12. The van der Waals surface area contributed by atoms with Gasteiger partial charge in [-0.15, -0.1) is 0 Å². The van der Waals surface area contributed by atoms with E-state index >= 15 is 0 Å². The van der Waals surface area contributed by atoms with Gasteiger partial charge in [0.2, 0.25) is 0 Å². The summed E-state index contributed by atoms with van der Waals surface area (Å²) >= 11 is 5.25. The number of hydrogen-bond acceptors (Lipinski definition) is 5. The van der Waals surface area contributed by atoms with E-state index in [1.54, 1.807) is 48.5 Å². The molecule has 0 aromatic heterocycles. The molecule has 0 aliphatic carbocycles. The zero-order chi connectivity index (χ0) is 24.2. The number of rotatable bonds is 10. The van der Waals surface area contributed by atoms with Gasteiger partial charge in [-0.2, -0.15) is 0 Å². The van der Waals surface area contributed by atoms with Crippen LogP contribution in [0.3, 0.4) is 0 Å². The molecular weight excluding hydrogens is 450 g/mol. The number of nitrogens with one attached hydrogen (secondary N) is 3. The Labute approximate surface area is 204 Å². The molecule has 34 heavy (non-hydrogen) atoms. The lowest BCUT2D eigenvalue weighted by molar-refractivity contribution is 0.0951. The Kier molecular flexibility index (Phi) is 9.42. The summed E-state index contributed by atoms with van der Waals surface area (Å²) in [5.74, 6) is 0.840. The smallest absolute Gasteiger partial charge is 0.257 e. The standard InChI is InChI=1S/C26H27N3O4S/c1-2-15-27-24(30)19-11-13-21(14-12-19)28-26(34)29-25(31)20-7-6-10-23(18-20)33-17-16-32-22-8-4-3-5-9-22/h3-14,18H,2,15-17H2,1H3,(H,27,30)(H2,28,29,31,34). The monoisotopic (exact) mass is 477 g/mol. The van der Waals surface area contributed by atoms with Crippen LogP contribution in [0.5, 0.6) is 11.5 Å². The molecule has 3 aromatic rings. The molecule has 3 rings (SSSR count). The molecule has 7 nitrogen and oxygen atoms in total. The highest BCUT2D eigenvalue weighted by Gasteiger charge is 2.10. The van der Waals surface area contributed by atoms with Gasteiger partial charge in [-0.25, -0.2) is 0 Å². The minimum absolute atomic E-state index is 0.127. The number of carbonyl (C=O) groups excluding carboxylic acids is 2. The fraction of sp³-hybridized carbons (Fsp3) is 0.192. The lowest BCUT2D eigenvalue weighted by Crippen LogP contribution is -2.34. The van der Waals surface area contributed by atoms with E-state index in [0.717, 1.165) is 12.2 Å². The Balaban J connectivity index is 1.46. The number of ether oxygens (including phenoxy) is 2. The van der Waals surface area contributed by atoms with Crippen molar-refractivity contribution in [2.45, 2.75) is 13.3 Å². The van der Waals surface area contributed by atoms with Crippen molar-refractivity contribution in [1.29, 1.82) is 0 Å². The van der Waals surface area contributed by atoms with Crippen LogP contribution in [-0.4, -0.2) is 36.7 Å². The maximum atomic E-state index is 12.6. The third-order valence-corrected chi connectivity index (χ3v) is 4.83. The molecule has 0 aliphatic heterocycles. The van der Waals surface area contributed by atoms with Gasteiger partial charge >= 0.3 is 0 Å². The van der Waals surface area contributed by atoms with Crippen molar-refractivity contribution in [2.75, 3.05) is 25.1 Å². The number of amides is 2. The molecule has 3 aromatic carbocycles. The highest BCUT2D eigenvalue weighted by Crippen LogP contribution is 2.14. The Morgan fingerprint density at radius 1 is 0.794 bits per heavy atom. The summed E-state index contributed by atoms with van der Waals surface area (Å²) in [6.07, 6.45) is 0.872. The fourth-order valence-electron chi connectivity index (χ4n) is 2.95. The van der Waals surface area contributed by atoms with Gasteiger partial charge in [0.05, 0.1) is 0 Å². The average Bonchev–Trinajstić information content (AvgIpc) is 2.86. The first-order valence-corrected chi connectivity index (χ1v) is 11.4. The third-order valence-electron chi connectivity index (χ3n) is 4.63. The second-order valence-electron chi connectivity index (χ2n) is 7.28. The van der Waals surface area contributed by atoms with E-state index in [4.69, 9.17) is 21.7 Å². The molecule has 8 heteroatoms. The van der Waals surface area contributed by atoms with Crippen LogP contribution in [0, 0.1) is 0 Å². The van der Waals surface area contributed by atoms with Crippen LogP contribution in [-0.2, 0) is 0 Å². The van der Waals surface area contributed by atoms with Gasteiger partial charge in [0, 0.05) is 23.4 Å². The Morgan fingerprint density at radius 3 is 2.18 bits per heavy atom. The zero-order valence-corrected chi connectivity index (χ0v) is 19.7. The Bertz CT molecular complexity index is 1100. The molecule has 0 unspecified atom stereocenters. The van der Waals surface area contributed by atoms with E-state index in [1.165, 1.54) is 0 Å². The number of carbonyl (C=O) groups is 2. The summed E-state index contributed by atoms with van der Waals surface area (Å²) in [4.78, 5) is 24.6. The van der Waals surface area contributed by atoms with Gasteiger partial charge in [-0.3, -0.25) is 14.9 Å². The highest BCUT2D eigenvalue weighted by atomic mass is 32.1. The van der Waals surface area contributed by atoms with Crippen LogP contribution in [0.4, 0.5) is 5.69 Å². The van der Waals surface area contributed by atoms with Crippen molar-refractivity contribution in [2.24, 2.45) is 0 Å². The molecule has 0 bridgehead atoms.